The zero-order chi connectivity index (χ0) is 18.5. The molecule has 0 saturated carbocycles. The lowest BCUT2D eigenvalue weighted by Gasteiger charge is -2.28. The smallest absolute Gasteiger partial charge is 0.191 e. The van der Waals surface area contributed by atoms with Crippen LogP contribution in [0.15, 0.2) is 27.8 Å². The number of likely N-dealkylation sites (N-methyl/N-ethyl adjacent to an activating group) is 1. The molecule has 7 heteroatoms. The van der Waals surface area contributed by atoms with E-state index < -0.39 is 0 Å². The average molecular weight is 480 g/mol. The number of hydrogen-bond acceptors (Lipinski definition) is 4. The maximum absolute atomic E-state index is 5.63. The van der Waals surface area contributed by atoms with Crippen LogP contribution in [0.4, 0.5) is 0 Å². The third-order valence-electron chi connectivity index (χ3n) is 4.02. The summed E-state index contributed by atoms with van der Waals surface area (Å²) in [4.78, 5) is 6.68. The number of aliphatic imine (C=N–C) groups is 1. The van der Waals surface area contributed by atoms with Crippen molar-refractivity contribution in [3.8, 4) is 0 Å². The van der Waals surface area contributed by atoms with Crippen LogP contribution in [0.25, 0.3) is 0 Å². The summed E-state index contributed by atoms with van der Waals surface area (Å²) in [5.74, 6) is 2.38. The maximum atomic E-state index is 5.63. The normalized spacial score (nSPS) is 13.0. The number of rotatable bonds is 12. The molecular weight excluding hydrogens is 443 g/mol. The molecule has 1 aromatic rings. The summed E-state index contributed by atoms with van der Waals surface area (Å²) in [5, 5.41) is 6.76. The molecule has 0 bridgehead atoms. The number of hydrogen-bond donors (Lipinski definition) is 2. The SMILES string of the molecule is CCN(CC)C(CNC(=NC)NCCCOCC(C)C)c1ccco1.I. The Bertz CT molecular complexity index is 462. The molecule has 1 heterocycles. The molecule has 0 amide bonds. The zero-order valence-corrected chi connectivity index (χ0v) is 19.3. The Labute approximate surface area is 176 Å². The first-order valence-electron chi connectivity index (χ1n) is 9.42. The van der Waals surface area contributed by atoms with E-state index in [0.29, 0.717) is 5.92 Å². The fraction of sp³-hybridized carbons (Fsp3) is 0.737. The van der Waals surface area contributed by atoms with Gasteiger partial charge in [-0.3, -0.25) is 9.89 Å². The molecule has 0 aliphatic carbocycles. The second-order valence-corrected chi connectivity index (χ2v) is 6.45. The summed E-state index contributed by atoms with van der Waals surface area (Å²) >= 11 is 0. The number of halogens is 1. The van der Waals surface area contributed by atoms with E-state index >= 15 is 0 Å². The molecule has 0 radical (unpaired) electrons. The largest absolute Gasteiger partial charge is 0.468 e. The fourth-order valence-corrected chi connectivity index (χ4v) is 2.67. The highest BCUT2D eigenvalue weighted by atomic mass is 127. The van der Waals surface area contributed by atoms with Crippen LogP contribution in [-0.4, -0.2) is 57.3 Å². The topological polar surface area (TPSA) is 62.0 Å². The van der Waals surface area contributed by atoms with Crippen LogP contribution in [0.1, 0.15) is 45.9 Å². The molecule has 0 aliphatic rings. The van der Waals surface area contributed by atoms with Gasteiger partial charge in [0.25, 0.3) is 0 Å². The summed E-state index contributed by atoms with van der Waals surface area (Å²) in [6, 6.07) is 4.17. The minimum absolute atomic E-state index is 0. The summed E-state index contributed by atoms with van der Waals surface area (Å²) < 4.78 is 11.2. The molecule has 0 spiro atoms. The molecule has 0 saturated heterocycles. The first kappa shape index (κ1) is 25.2. The molecule has 1 unspecified atom stereocenters. The third kappa shape index (κ3) is 9.78. The van der Waals surface area contributed by atoms with Crippen LogP contribution < -0.4 is 10.6 Å². The van der Waals surface area contributed by atoms with Gasteiger partial charge in [0, 0.05) is 33.4 Å². The number of nitrogens with one attached hydrogen (secondary N) is 2. The second kappa shape index (κ2) is 15.3. The highest BCUT2D eigenvalue weighted by molar-refractivity contribution is 14.0. The van der Waals surface area contributed by atoms with Crippen LogP contribution in [-0.2, 0) is 4.74 Å². The average Bonchev–Trinajstić information content (AvgIpc) is 3.13. The van der Waals surface area contributed by atoms with Gasteiger partial charge in [-0.15, -0.1) is 24.0 Å². The first-order chi connectivity index (χ1) is 12.1. The fourth-order valence-electron chi connectivity index (χ4n) is 2.67. The van der Waals surface area contributed by atoms with Crippen molar-refractivity contribution in [3.63, 3.8) is 0 Å². The predicted molar refractivity (Wildman–Crippen MR) is 119 cm³/mol. The summed E-state index contributed by atoms with van der Waals surface area (Å²) in [7, 11) is 1.80. The van der Waals surface area contributed by atoms with E-state index in [0.717, 1.165) is 57.5 Å². The van der Waals surface area contributed by atoms with E-state index in [-0.39, 0.29) is 30.0 Å². The van der Waals surface area contributed by atoms with Crippen molar-refractivity contribution < 1.29 is 9.15 Å². The minimum atomic E-state index is 0. The summed E-state index contributed by atoms with van der Waals surface area (Å²) in [6.07, 6.45) is 2.70. The number of ether oxygens (including phenoxy) is 1. The first-order valence-corrected chi connectivity index (χ1v) is 9.42. The Balaban J connectivity index is 0.00000625. The molecule has 0 aliphatic heterocycles. The van der Waals surface area contributed by atoms with Crippen LogP contribution >= 0.6 is 24.0 Å². The standard InChI is InChI=1S/C19H36N4O2.HI/c1-6-23(7-2)17(18-10-8-13-25-18)14-22-19(20-5)21-11-9-12-24-15-16(3)4;/h8,10,13,16-17H,6-7,9,11-12,14-15H2,1-5H3,(H2,20,21,22);1H. The Morgan fingerprint density at radius 2 is 2.00 bits per heavy atom. The van der Waals surface area contributed by atoms with Gasteiger partial charge in [0.1, 0.15) is 5.76 Å². The van der Waals surface area contributed by atoms with E-state index in [9.17, 15) is 0 Å². The van der Waals surface area contributed by atoms with Gasteiger partial charge in [-0.05, 0) is 37.6 Å². The van der Waals surface area contributed by atoms with Gasteiger partial charge in [-0.25, -0.2) is 0 Å². The van der Waals surface area contributed by atoms with E-state index in [1.165, 1.54) is 0 Å². The van der Waals surface area contributed by atoms with Crippen LogP contribution in [0.5, 0.6) is 0 Å². The second-order valence-electron chi connectivity index (χ2n) is 6.45. The van der Waals surface area contributed by atoms with E-state index in [1.54, 1.807) is 13.3 Å². The van der Waals surface area contributed by atoms with E-state index in [1.807, 2.05) is 12.1 Å². The predicted octanol–water partition coefficient (Wildman–Crippen LogP) is 3.51. The zero-order valence-electron chi connectivity index (χ0n) is 17.0. The highest BCUT2D eigenvalue weighted by Crippen LogP contribution is 2.20. The number of furan rings is 1. The van der Waals surface area contributed by atoms with Gasteiger partial charge in [0.05, 0.1) is 12.3 Å². The van der Waals surface area contributed by atoms with Crippen molar-refractivity contribution >= 4 is 29.9 Å². The third-order valence-corrected chi connectivity index (χ3v) is 4.02. The maximum Gasteiger partial charge on any atom is 0.191 e. The Morgan fingerprint density at radius 3 is 2.54 bits per heavy atom. The molecular formula is C19H37IN4O2. The Morgan fingerprint density at radius 1 is 1.27 bits per heavy atom. The van der Waals surface area contributed by atoms with Gasteiger partial charge in [-0.1, -0.05) is 27.7 Å². The van der Waals surface area contributed by atoms with E-state index in [2.05, 4.69) is 48.2 Å². The van der Waals surface area contributed by atoms with Crippen LogP contribution in [0.3, 0.4) is 0 Å². The van der Waals surface area contributed by atoms with Gasteiger partial charge >= 0.3 is 0 Å². The van der Waals surface area contributed by atoms with Crippen molar-refractivity contribution in [1.82, 2.24) is 15.5 Å². The van der Waals surface area contributed by atoms with Gasteiger partial charge in [0.2, 0.25) is 0 Å². The lowest BCUT2D eigenvalue weighted by atomic mass is 10.2. The van der Waals surface area contributed by atoms with Gasteiger partial charge in [0.15, 0.2) is 5.96 Å². The summed E-state index contributed by atoms with van der Waals surface area (Å²) in [6.45, 7) is 13.8. The van der Waals surface area contributed by atoms with Gasteiger partial charge < -0.3 is 19.8 Å². The molecule has 2 N–H and O–H groups in total. The quantitative estimate of drug-likeness (QED) is 0.208. The molecule has 26 heavy (non-hydrogen) atoms. The molecule has 152 valence electrons. The van der Waals surface area contributed by atoms with Crippen LogP contribution in [0, 0.1) is 5.92 Å². The van der Waals surface area contributed by atoms with Crippen molar-refractivity contribution in [2.75, 3.05) is 46.4 Å². The van der Waals surface area contributed by atoms with Crippen LogP contribution in [0.2, 0.25) is 0 Å². The molecule has 6 nitrogen and oxygen atoms in total. The van der Waals surface area contributed by atoms with Crippen molar-refractivity contribution in [2.24, 2.45) is 10.9 Å². The van der Waals surface area contributed by atoms with Gasteiger partial charge in [-0.2, -0.15) is 0 Å². The lowest BCUT2D eigenvalue weighted by molar-refractivity contribution is 0.108. The molecule has 0 fully saturated rings. The Hall–Kier alpha value is -0.800. The summed E-state index contributed by atoms with van der Waals surface area (Å²) in [5.41, 5.74) is 0. The van der Waals surface area contributed by atoms with Crippen molar-refractivity contribution in [3.05, 3.63) is 24.2 Å². The molecule has 1 aromatic heterocycles. The molecule has 1 atom stereocenters. The molecule has 1 rings (SSSR count). The molecule has 0 aromatic carbocycles. The Kier molecular flexibility index (Phi) is 14.8. The minimum Gasteiger partial charge on any atom is -0.468 e. The number of nitrogens with zero attached hydrogens (tertiary/aromatic N) is 2. The van der Waals surface area contributed by atoms with Crippen molar-refractivity contribution in [1.29, 1.82) is 0 Å². The van der Waals surface area contributed by atoms with E-state index in [4.69, 9.17) is 9.15 Å². The number of guanidine groups is 1. The highest BCUT2D eigenvalue weighted by Gasteiger charge is 2.20. The van der Waals surface area contributed by atoms with Crippen molar-refractivity contribution in [2.45, 2.75) is 40.2 Å². The monoisotopic (exact) mass is 480 g/mol. The lowest BCUT2D eigenvalue weighted by Crippen LogP contribution is -2.43.